The fourth-order valence-electron chi connectivity index (χ4n) is 2.68. The number of ether oxygens (including phenoxy) is 1. The van der Waals surface area contributed by atoms with E-state index < -0.39 is 0 Å². The van der Waals surface area contributed by atoms with Crippen molar-refractivity contribution in [2.45, 2.75) is 51.7 Å². The maximum atomic E-state index is 11.6. The largest absolute Gasteiger partial charge is 0.461 e. The topological polar surface area (TPSA) is 68.5 Å². The number of nitrogens with zero attached hydrogens (tertiary/aromatic N) is 2. The van der Waals surface area contributed by atoms with Gasteiger partial charge in [-0.3, -0.25) is 4.90 Å². The maximum Gasteiger partial charge on any atom is 0.367 e. The van der Waals surface area contributed by atoms with Gasteiger partial charge in [-0.25, -0.2) is 9.78 Å². The summed E-state index contributed by atoms with van der Waals surface area (Å²) in [6, 6.07) is 0.579. The van der Waals surface area contributed by atoms with Crippen LogP contribution in [0, 0.1) is 0 Å². The van der Waals surface area contributed by atoms with Crippen LogP contribution in [0.1, 0.15) is 48.6 Å². The Hall–Kier alpha value is -0.980. The van der Waals surface area contributed by atoms with Crippen LogP contribution < -0.4 is 5.73 Å². The highest BCUT2D eigenvalue weighted by Crippen LogP contribution is 2.22. The highest BCUT2D eigenvalue weighted by Gasteiger charge is 2.26. The molecule has 0 spiro atoms. The van der Waals surface area contributed by atoms with Gasteiger partial charge in [-0.2, -0.15) is 0 Å². The number of thiazole rings is 1. The number of rotatable bonds is 5. The van der Waals surface area contributed by atoms with Crippen molar-refractivity contribution >= 4 is 17.3 Å². The minimum atomic E-state index is -0.328. The normalized spacial score (nSPS) is 21.6. The zero-order chi connectivity index (χ0) is 14.5. The number of esters is 1. The van der Waals surface area contributed by atoms with E-state index in [1.54, 1.807) is 6.92 Å². The van der Waals surface area contributed by atoms with Crippen LogP contribution in [-0.2, 0) is 11.3 Å². The number of aromatic nitrogens is 1. The van der Waals surface area contributed by atoms with E-state index in [1.807, 2.05) is 5.38 Å². The van der Waals surface area contributed by atoms with Gasteiger partial charge in [0, 0.05) is 24.0 Å². The quantitative estimate of drug-likeness (QED) is 0.842. The minimum Gasteiger partial charge on any atom is -0.461 e. The van der Waals surface area contributed by atoms with Gasteiger partial charge in [0.2, 0.25) is 5.01 Å². The van der Waals surface area contributed by atoms with Gasteiger partial charge in [0.25, 0.3) is 0 Å². The molecule has 1 aromatic heterocycles. The Morgan fingerprint density at radius 3 is 3.15 bits per heavy atom. The number of carbonyl (C=O) groups is 1. The van der Waals surface area contributed by atoms with Crippen molar-refractivity contribution in [2.75, 3.05) is 13.2 Å². The summed E-state index contributed by atoms with van der Waals surface area (Å²) in [6.07, 6.45) is 3.60. The molecule has 1 aromatic rings. The second kappa shape index (κ2) is 7.15. The molecule has 0 aliphatic carbocycles. The third-order valence-corrected chi connectivity index (χ3v) is 4.51. The average molecular weight is 297 g/mol. The van der Waals surface area contributed by atoms with Gasteiger partial charge in [-0.05, 0) is 33.2 Å². The molecule has 0 bridgehead atoms. The zero-order valence-corrected chi connectivity index (χ0v) is 13.0. The molecule has 1 fully saturated rings. The minimum absolute atomic E-state index is 0.165. The molecule has 112 valence electrons. The van der Waals surface area contributed by atoms with Crippen molar-refractivity contribution < 1.29 is 9.53 Å². The number of hydrogen-bond acceptors (Lipinski definition) is 6. The number of carbonyl (C=O) groups excluding carboxylic acids is 1. The van der Waals surface area contributed by atoms with Crippen LogP contribution in [0.4, 0.5) is 0 Å². The standard InChI is InChI=1S/C14H23N3O2S/c1-3-19-14(18)13-16-11(9-20-13)8-17-7-5-4-6-12(17)10(2)15/h9-10,12H,3-8,15H2,1-2H3. The third kappa shape index (κ3) is 3.77. The summed E-state index contributed by atoms with van der Waals surface area (Å²) in [5, 5.41) is 2.38. The molecule has 0 amide bonds. The molecule has 2 heterocycles. The number of piperidine rings is 1. The summed E-state index contributed by atoms with van der Waals surface area (Å²) in [4.78, 5) is 18.4. The predicted molar refractivity (Wildman–Crippen MR) is 79.8 cm³/mol. The second-order valence-electron chi connectivity index (χ2n) is 5.26. The Balaban J connectivity index is 2.00. The molecule has 2 rings (SSSR count). The molecule has 20 heavy (non-hydrogen) atoms. The lowest BCUT2D eigenvalue weighted by Gasteiger charge is -2.37. The van der Waals surface area contributed by atoms with Crippen molar-refractivity contribution in [1.29, 1.82) is 0 Å². The Kier molecular flexibility index (Phi) is 5.51. The number of nitrogens with two attached hydrogens (primary N) is 1. The fraction of sp³-hybridized carbons (Fsp3) is 0.714. The van der Waals surface area contributed by atoms with E-state index in [2.05, 4.69) is 16.8 Å². The van der Waals surface area contributed by atoms with Gasteiger partial charge in [0.05, 0.1) is 12.3 Å². The van der Waals surface area contributed by atoms with E-state index in [-0.39, 0.29) is 12.0 Å². The summed E-state index contributed by atoms with van der Waals surface area (Å²) in [5.41, 5.74) is 7.01. The fourth-order valence-corrected chi connectivity index (χ4v) is 3.38. The number of hydrogen-bond donors (Lipinski definition) is 1. The summed E-state index contributed by atoms with van der Waals surface area (Å²) in [6.45, 7) is 6.06. The molecule has 1 saturated heterocycles. The molecule has 6 heteroatoms. The van der Waals surface area contributed by atoms with E-state index in [9.17, 15) is 4.79 Å². The van der Waals surface area contributed by atoms with E-state index >= 15 is 0 Å². The molecule has 2 unspecified atom stereocenters. The van der Waals surface area contributed by atoms with Crippen LogP contribution >= 0.6 is 11.3 Å². The highest BCUT2D eigenvalue weighted by molar-refractivity contribution is 7.11. The average Bonchev–Trinajstić information content (AvgIpc) is 2.88. The molecule has 1 aliphatic rings. The summed E-state index contributed by atoms with van der Waals surface area (Å²) in [5.74, 6) is -0.328. The van der Waals surface area contributed by atoms with Crippen molar-refractivity contribution in [3.05, 3.63) is 16.1 Å². The summed E-state index contributed by atoms with van der Waals surface area (Å²) >= 11 is 1.35. The summed E-state index contributed by atoms with van der Waals surface area (Å²) in [7, 11) is 0. The third-order valence-electron chi connectivity index (χ3n) is 3.64. The van der Waals surface area contributed by atoms with Gasteiger partial charge in [0.15, 0.2) is 0 Å². The molecular weight excluding hydrogens is 274 g/mol. The van der Waals surface area contributed by atoms with Crippen LogP contribution in [0.25, 0.3) is 0 Å². The van der Waals surface area contributed by atoms with Crippen LogP contribution in [0.3, 0.4) is 0 Å². The van der Waals surface area contributed by atoms with Gasteiger partial charge in [0.1, 0.15) is 0 Å². The van der Waals surface area contributed by atoms with Gasteiger partial charge in [-0.15, -0.1) is 11.3 Å². The van der Waals surface area contributed by atoms with Gasteiger partial charge < -0.3 is 10.5 Å². The molecule has 0 radical (unpaired) electrons. The summed E-state index contributed by atoms with van der Waals surface area (Å²) < 4.78 is 4.97. The van der Waals surface area contributed by atoms with E-state index in [0.29, 0.717) is 17.7 Å². The van der Waals surface area contributed by atoms with Crippen LogP contribution in [0.15, 0.2) is 5.38 Å². The lowest BCUT2D eigenvalue weighted by molar-refractivity contribution is 0.0525. The number of likely N-dealkylation sites (tertiary alicyclic amines) is 1. The van der Waals surface area contributed by atoms with E-state index in [4.69, 9.17) is 10.5 Å². The lowest BCUT2D eigenvalue weighted by atomic mass is 9.97. The van der Waals surface area contributed by atoms with E-state index in [0.717, 1.165) is 25.2 Å². The Morgan fingerprint density at radius 2 is 2.45 bits per heavy atom. The van der Waals surface area contributed by atoms with Crippen LogP contribution in [0.5, 0.6) is 0 Å². The smallest absolute Gasteiger partial charge is 0.367 e. The van der Waals surface area contributed by atoms with Gasteiger partial charge in [-0.1, -0.05) is 6.42 Å². The molecule has 2 atom stereocenters. The molecule has 0 saturated carbocycles. The first-order chi connectivity index (χ1) is 9.61. The molecule has 1 aliphatic heterocycles. The second-order valence-corrected chi connectivity index (χ2v) is 6.12. The predicted octanol–water partition coefficient (Wildman–Crippen LogP) is 2.02. The maximum absolute atomic E-state index is 11.6. The molecule has 5 nitrogen and oxygen atoms in total. The zero-order valence-electron chi connectivity index (χ0n) is 12.2. The highest BCUT2D eigenvalue weighted by atomic mass is 32.1. The van der Waals surface area contributed by atoms with Crippen molar-refractivity contribution in [3.8, 4) is 0 Å². The Morgan fingerprint density at radius 1 is 1.65 bits per heavy atom. The van der Waals surface area contributed by atoms with Crippen molar-refractivity contribution in [3.63, 3.8) is 0 Å². The monoisotopic (exact) mass is 297 g/mol. The Labute approximate surface area is 124 Å². The molecule has 2 N–H and O–H groups in total. The lowest BCUT2D eigenvalue weighted by Crippen LogP contribution is -2.48. The van der Waals surface area contributed by atoms with Crippen LogP contribution in [0.2, 0.25) is 0 Å². The first-order valence-electron chi connectivity index (χ1n) is 7.23. The SMILES string of the molecule is CCOC(=O)c1nc(CN2CCCCC2C(C)N)cs1. The van der Waals surface area contributed by atoms with Crippen LogP contribution in [-0.4, -0.2) is 41.1 Å². The molecule has 0 aromatic carbocycles. The first-order valence-corrected chi connectivity index (χ1v) is 8.11. The van der Waals surface area contributed by atoms with Crippen molar-refractivity contribution in [1.82, 2.24) is 9.88 Å². The first kappa shape index (κ1) is 15.4. The Bertz CT molecular complexity index is 447. The van der Waals surface area contributed by atoms with E-state index in [1.165, 1.54) is 24.2 Å². The van der Waals surface area contributed by atoms with Crippen molar-refractivity contribution in [2.24, 2.45) is 5.73 Å². The molecular formula is C14H23N3O2S. The van der Waals surface area contributed by atoms with Gasteiger partial charge >= 0.3 is 5.97 Å².